The molecule has 2 aromatic rings. The van der Waals surface area contributed by atoms with Crippen LogP contribution >= 0.6 is 11.3 Å². The fourth-order valence-corrected chi connectivity index (χ4v) is 2.84. The average molecular weight is 245 g/mol. The third-order valence-corrected chi connectivity index (χ3v) is 3.92. The first-order valence-corrected chi connectivity index (χ1v) is 6.87. The van der Waals surface area contributed by atoms with E-state index in [2.05, 4.69) is 61.8 Å². The lowest BCUT2D eigenvalue weighted by atomic mass is 10.1. The van der Waals surface area contributed by atoms with Crippen LogP contribution in [0, 0.1) is 13.8 Å². The molecule has 2 rings (SSSR count). The Kier molecular flexibility index (Phi) is 3.97. The lowest BCUT2D eigenvalue weighted by molar-refractivity contribution is 0.582. The van der Waals surface area contributed by atoms with E-state index in [0.717, 1.165) is 6.54 Å². The van der Waals surface area contributed by atoms with Gasteiger partial charge in [-0.1, -0.05) is 35.4 Å². The van der Waals surface area contributed by atoms with Gasteiger partial charge in [0.15, 0.2) is 0 Å². The Morgan fingerprint density at radius 1 is 1.18 bits per heavy atom. The van der Waals surface area contributed by atoms with Crippen LogP contribution in [0.3, 0.4) is 0 Å². The molecular formula is C15H19NS. The molecule has 1 aromatic heterocycles. The highest BCUT2D eigenvalue weighted by atomic mass is 32.1. The van der Waals surface area contributed by atoms with Crippen LogP contribution < -0.4 is 5.32 Å². The van der Waals surface area contributed by atoms with Crippen LogP contribution in [0.25, 0.3) is 0 Å². The van der Waals surface area contributed by atoms with Crippen molar-refractivity contribution in [3.05, 3.63) is 57.3 Å². The zero-order valence-corrected chi connectivity index (χ0v) is 11.5. The third kappa shape index (κ3) is 3.42. The maximum absolute atomic E-state index is 3.57. The first-order chi connectivity index (χ1) is 8.15. The standard InChI is InChI=1S/C15H19NS/c1-11-7-12(2)9-14(8-11)10-16-13(3)15-5-4-6-17-15/h4-9,13,16H,10H2,1-3H3. The zero-order chi connectivity index (χ0) is 12.3. The van der Waals surface area contributed by atoms with Crippen molar-refractivity contribution in [3.63, 3.8) is 0 Å². The molecule has 0 aliphatic carbocycles. The van der Waals surface area contributed by atoms with Gasteiger partial charge in [-0.05, 0) is 37.8 Å². The van der Waals surface area contributed by atoms with Crippen LogP contribution in [0.5, 0.6) is 0 Å². The number of benzene rings is 1. The van der Waals surface area contributed by atoms with Gasteiger partial charge in [0.1, 0.15) is 0 Å². The maximum atomic E-state index is 3.57. The molecule has 1 atom stereocenters. The Bertz CT molecular complexity index is 453. The molecule has 2 heteroatoms. The van der Waals surface area contributed by atoms with E-state index in [4.69, 9.17) is 0 Å². The smallest absolute Gasteiger partial charge is 0.0388 e. The molecule has 0 radical (unpaired) electrons. The van der Waals surface area contributed by atoms with Crippen molar-refractivity contribution in [2.24, 2.45) is 0 Å². The molecule has 1 N–H and O–H groups in total. The van der Waals surface area contributed by atoms with E-state index < -0.39 is 0 Å². The Hall–Kier alpha value is -1.12. The second kappa shape index (κ2) is 5.48. The summed E-state index contributed by atoms with van der Waals surface area (Å²) in [6.07, 6.45) is 0. The summed E-state index contributed by atoms with van der Waals surface area (Å²) in [6, 6.07) is 11.4. The van der Waals surface area contributed by atoms with E-state index in [1.54, 1.807) is 0 Å². The first-order valence-electron chi connectivity index (χ1n) is 5.99. The van der Waals surface area contributed by atoms with Crippen LogP contribution in [-0.4, -0.2) is 0 Å². The summed E-state index contributed by atoms with van der Waals surface area (Å²) in [5.74, 6) is 0. The molecular weight excluding hydrogens is 226 g/mol. The largest absolute Gasteiger partial charge is 0.305 e. The summed E-state index contributed by atoms with van der Waals surface area (Å²) >= 11 is 1.81. The highest BCUT2D eigenvalue weighted by molar-refractivity contribution is 7.10. The number of rotatable bonds is 4. The minimum Gasteiger partial charge on any atom is -0.305 e. The van der Waals surface area contributed by atoms with Crippen molar-refractivity contribution in [2.75, 3.05) is 0 Å². The highest BCUT2D eigenvalue weighted by Gasteiger charge is 2.05. The number of hydrogen-bond donors (Lipinski definition) is 1. The van der Waals surface area contributed by atoms with Gasteiger partial charge >= 0.3 is 0 Å². The molecule has 0 saturated heterocycles. The van der Waals surface area contributed by atoms with Gasteiger partial charge in [-0.3, -0.25) is 0 Å². The summed E-state index contributed by atoms with van der Waals surface area (Å²) in [6.45, 7) is 7.45. The van der Waals surface area contributed by atoms with Crippen molar-refractivity contribution < 1.29 is 0 Å². The van der Waals surface area contributed by atoms with E-state index in [1.165, 1.54) is 21.6 Å². The van der Waals surface area contributed by atoms with E-state index in [1.807, 2.05) is 11.3 Å². The van der Waals surface area contributed by atoms with E-state index in [-0.39, 0.29) is 0 Å². The van der Waals surface area contributed by atoms with Crippen LogP contribution in [0.4, 0.5) is 0 Å². The summed E-state index contributed by atoms with van der Waals surface area (Å²) in [5.41, 5.74) is 4.04. The van der Waals surface area contributed by atoms with Crippen molar-refractivity contribution in [2.45, 2.75) is 33.4 Å². The van der Waals surface area contributed by atoms with Crippen molar-refractivity contribution in [1.29, 1.82) is 0 Å². The van der Waals surface area contributed by atoms with Gasteiger partial charge < -0.3 is 5.32 Å². The Morgan fingerprint density at radius 3 is 2.47 bits per heavy atom. The zero-order valence-electron chi connectivity index (χ0n) is 10.7. The SMILES string of the molecule is Cc1cc(C)cc(CNC(C)c2cccs2)c1. The van der Waals surface area contributed by atoms with Crippen molar-refractivity contribution in [1.82, 2.24) is 5.32 Å². The third-order valence-electron chi connectivity index (χ3n) is 2.86. The van der Waals surface area contributed by atoms with E-state index in [0.29, 0.717) is 6.04 Å². The molecule has 17 heavy (non-hydrogen) atoms. The molecule has 0 aliphatic heterocycles. The predicted molar refractivity (Wildman–Crippen MR) is 75.5 cm³/mol. The summed E-state index contributed by atoms with van der Waals surface area (Å²) in [5, 5.41) is 5.70. The Morgan fingerprint density at radius 2 is 1.88 bits per heavy atom. The van der Waals surface area contributed by atoms with Crippen LogP contribution in [0.2, 0.25) is 0 Å². The number of aryl methyl sites for hydroxylation is 2. The lowest BCUT2D eigenvalue weighted by Gasteiger charge is -2.13. The van der Waals surface area contributed by atoms with Gasteiger partial charge in [0.25, 0.3) is 0 Å². The topological polar surface area (TPSA) is 12.0 Å². The lowest BCUT2D eigenvalue weighted by Crippen LogP contribution is -2.17. The van der Waals surface area contributed by atoms with E-state index in [9.17, 15) is 0 Å². The normalized spacial score (nSPS) is 12.6. The molecule has 0 fully saturated rings. The fourth-order valence-electron chi connectivity index (χ4n) is 2.08. The molecule has 0 spiro atoms. The minimum atomic E-state index is 0.427. The second-order valence-electron chi connectivity index (χ2n) is 4.61. The van der Waals surface area contributed by atoms with Gasteiger partial charge in [-0.2, -0.15) is 0 Å². The molecule has 0 bridgehead atoms. The molecule has 0 aliphatic rings. The van der Waals surface area contributed by atoms with Gasteiger partial charge in [-0.15, -0.1) is 11.3 Å². The first kappa shape index (κ1) is 12.3. The minimum absolute atomic E-state index is 0.427. The number of nitrogens with one attached hydrogen (secondary N) is 1. The number of thiophene rings is 1. The second-order valence-corrected chi connectivity index (χ2v) is 5.59. The van der Waals surface area contributed by atoms with Crippen molar-refractivity contribution in [3.8, 4) is 0 Å². The molecule has 90 valence electrons. The summed E-state index contributed by atoms with van der Waals surface area (Å²) in [4.78, 5) is 1.40. The highest BCUT2D eigenvalue weighted by Crippen LogP contribution is 2.19. The van der Waals surface area contributed by atoms with Crippen molar-refractivity contribution >= 4 is 11.3 Å². The van der Waals surface area contributed by atoms with E-state index >= 15 is 0 Å². The Labute approximate surface area is 108 Å². The molecule has 0 amide bonds. The van der Waals surface area contributed by atoms with Gasteiger partial charge in [0.05, 0.1) is 0 Å². The van der Waals surface area contributed by atoms with Gasteiger partial charge in [-0.25, -0.2) is 0 Å². The maximum Gasteiger partial charge on any atom is 0.0388 e. The molecule has 0 saturated carbocycles. The molecule has 1 heterocycles. The monoisotopic (exact) mass is 245 g/mol. The van der Waals surface area contributed by atoms with Gasteiger partial charge in [0.2, 0.25) is 0 Å². The fraction of sp³-hybridized carbons (Fsp3) is 0.333. The molecule has 1 nitrogen and oxygen atoms in total. The van der Waals surface area contributed by atoms with Crippen LogP contribution in [-0.2, 0) is 6.54 Å². The van der Waals surface area contributed by atoms with Crippen LogP contribution in [0.1, 0.15) is 34.5 Å². The number of hydrogen-bond acceptors (Lipinski definition) is 2. The van der Waals surface area contributed by atoms with Crippen LogP contribution in [0.15, 0.2) is 35.7 Å². The quantitative estimate of drug-likeness (QED) is 0.850. The molecule has 1 aromatic carbocycles. The average Bonchev–Trinajstić information content (AvgIpc) is 2.78. The Balaban J connectivity index is 1.98. The molecule has 1 unspecified atom stereocenters. The summed E-state index contributed by atoms with van der Waals surface area (Å²) in [7, 11) is 0. The van der Waals surface area contributed by atoms with Gasteiger partial charge in [0, 0.05) is 17.5 Å². The predicted octanol–water partition coefficient (Wildman–Crippen LogP) is 4.22. The summed E-state index contributed by atoms with van der Waals surface area (Å²) < 4.78 is 0.